The van der Waals surface area contributed by atoms with Crippen LogP contribution in [-0.4, -0.2) is 0 Å². The molecular formula is C20H16F3N. The number of hydrogen-bond acceptors (Lipinski definition) is 1. The van der Waals surface area contributed by atoms with Gasteiger partial charge in [-0.25, -0.2) is 13.2 Å². The van der Waals surface area contributed by atoms with Crippen LogP contribution in [0.5, 0.6) is 0 Å². The Kier molecular flexibility index (Phi) is 4.30. The summed E-state index contributed by atoms with van der Waals surface area (Å²) in [6.07, 6.45) is 0. The van der Waals surface area contributed by atoms with Gasteiger partial charge in [0, 0.05) is 23.5 Å². The Morgan fingerprint density at radius 1 is 0.583 bits per heavy atom. The van der Waals surface area contributed by atoms with Crippen molar-refractivity contribution in [2.24, 2.45) is 0 Å². The first-order valence-corrected chi connectivity index (χ1v) is 7.54. The second-order valence-corrected chi connectivity index (χ2v) is 5.73. The molecule has 0 aliphatic heterocycles. The molecule has 3 aromatic rings. The van der Waals surface area contributed by atoms with Gasteiger partial charge < -0.3 is 4.90 Å². The summed E-state index contributed by atoms with van der Waals surface area (Å²) in [6.45, 7) is 3.91. The van der Waals surface area contributed by atoms with Gasteiger partial charge in [-0.05, 0) is 38.1 Å². The van der Waals surface area contributed by atoms with E-state index in [1.807, 2.05) is 62.4 Å². The lowest BCUT2D eigenvalue weighted by Gasteiger charge is -2.26. The molecule has 0 amide bonds. The Hall–Kier alpha value is -2.75. The van der Waals surface area contributed by atoms with Crippen molar-refractivity contribution in [1.82, 2.24) is 0 Å². The molecule has 1 nitrogen and oxygen atoms in total. The molecule has 0 bridgehead atoms. The zero-order valence-corrected chi connectivity index (χ0v) is 13.4. The Labute approximate surface area is 139 Å². The Morgan fingerprint density at radius 3 is 1.33 bits per heavy atom. The van der Waals surface area contributed by atoms with E-state index in [9.17, 15) is 13.2 Å². The van der Waals surface area contributed by atoms with Crippen LogP contribution in [0.2, 0.25) is 0 Å². The van der Waals surface area contributed by atoms with Crippen molar-refractivity contribution < 1.29 is 13.2 Å². The first-order valence-electron chi connectivity index (χ1n) is 7.54. The SMILES string of the molecule is Cc1ccc(N(c2ccc(C)cc2)c2cc(F)c(F)c(F)c2)cc1. The number of nitrogens with zero attached hydrogens (tertiary/aromatic N) is 1. The zero-order valence-electron chi connectivity index (χ0n) is 13.4. The van der Waals surface area contributed by atoms with Gasteiger partial charge in [0.15, 0.2) is 17.5 Å². The minimum Gasteiger partial charge on any atom is -0.310 e. The van der Waals surface area contributed by atoms with Crippen molar-refractivity contribution >= 4 is 17.1 Å². The predicted octanol–water partition coefficient (Wildman–Crippen LogP) is 6.19. The van der Waals surface area contributed by atoms with E-state index in [0.717, 1.165) is 34.6 Å². The van der Waals surface area contributed by atoms with Gasteiger partial charge in [0.1, 0.15) is 0 Å². The van der Waals surface area contributed by atoms with Crippen LogP contribution in [-0.2, 0) is 0 Å². The van der Waals surface area contributed by atoms with Crippen LogP contribution in [0.15, 0.2) is 60.7 Å². The number of rotatable bonds is 3. The van der Waals surface area contributed by atoms with Gasteiger partial charge in [0.05, 0.1) is 5.69 Å². The molecular weight excluding hydrogens is 311 g/mol. The van der Waals surface area contributed by atoms with Crippen molar-refractivity contribution in [1.29, 1.82) is 0 Å². The van der Waals surface area contributed by atoms with Gasteiger partial charge in [-0.2, -0.15) is 0 Å². The minimum atomic E-state index is -1.47. The first kappa shape index (κ1) is 16.1. The maximum absolute atomic E-state index is 13.7. The minimum absolute atomic E-state index is 0.221. The van der Waals surface area contributed by atoms with Crippen molar-refractivity contribution in [2.45, 2.75) is 13.8 Å². The molecule has 0 fully saturated rings. The van der Waals surface area contributed by atoms with E-state index < -0.39 is 17.5 Å². The number of halogens is 3. The van der Waals surface area contributed by atoms with E-state index in [0.29, 0.717) is 0 Å². The lowest BCUT2D eigenvalue weighted by molar-refractivity contribution is 0.447. The molecule has 122 valence electrons. The molecule has 0 radical (unpaired) electrons. The Morgan fingerprint density at radius 2 is 0.958 bits per heavy atom. The van der Waals surface area contributed by atoms with Crippen LogP contribution in [0, 0.1) is 31.3 Å². The second kappa shape index (κ2) is 6.40. The van der Waals surface area contributed by atoms with Crippen LogP contribution in [0.25, 0.3) is 0 Å². The summed E-state index contributed by atoms with van der Waals surface area (Å²) in [5, 5.41) is 0. The summed E-state index contributed by atoms with van der Waals surface area (Å²) in [4.78, 5) is 1.68. The van der Waals surface area contributed by atoms with Crippen molar-refractivity contribution in [3.05, 3.63) is 89.2 Å². The zero-order chi connectivity index (χ0) is 17.3. The molecule has 0 saturated carbocycles. The highest BCUT2D eigenvalue weighted by Crippen LogP contribution is 2.35. The molecule has 3 aromatic carbocycles. The van der Waals surface area contributed by atoms with E-state index in [1.54, 1.807) is 4.90 Å². The van der Waals surface area contributed by atoms with Gasteiger partial charge in [-0.3, -0.25) is 0 Å². The standard InChI is InChI=1S/C20H16F3N/c1-13-3-7-15(8-4-13)24(16-9-5-14(2)6-10-16)17-11-18(21)20(23)19(22)12-17/h3-12H,1-2H3. The highest BCUT2D eigenvalue weighted by atomic mass is 19.2. The lowest BCUT2D eigenvalue weighted by Crippen LogP contribution is -2.11. The fourth-order valence-electron chi connectivity index (χ4n) is 2.51. The van der Waals surface area contributed by atoms with E-state index in [4.69, 9.17) is 0 Å². The average molecular weight is 327 g/mol. The monoisotopic (exact) mass is 327 g/mol. The quantitative estimate of drug-likeness (QED) is 0.518. The van der Waals surface area contributed by atoms with E-state index >= 15 is 0 Å². The molecule has 0 N–H and O–H groups in total. The van der Waals surface area contributed by atoms with Crippen molar-refractivity contribution in [2.75, 3.05) is 4.90 Å². The molecule has 0 aliphatic rings. The largest absolute Gasteiger partial charge is 0.310 e. The predicted molar refractivity (Wildman–Crippen MR) is 90.5 cm³/mol. The fraction of sp³-hybridized carbons (Fsp3) is 0.100. The molecule has 0 heterocycles. The molecule has 24 heavy (non-hydrogen) atoms. The summed E-state index contributed by atoms with van der Waals surface area (Å²) in [5.41, 5.74) is 3.82. The Balaban J connectivity index is 2.18. The molecule has 4 heteroatoms. The van der Waals surface area contributed by atoms with Crippen LogP contribution < -0.4 is 4.90 Å². The molecule has 0 aliphatic carbocycles. The van der Waals surface area contributed by atoms with E-state index in [1.165, 1.54) is 0 Å². The van der Waals surface area contributed by atoms with E-state index in [-0.39, 0.29) is 5.69 Å². The molecule has 0 spiro atoms. The van der Waals surface area contributed by atoms with Gasteiger partial charge in [-0.15, -0.1) is 0 Å². The van der Waals surface area contributed by atoms with Crippen LogP contribution in [0.3, 0.4) is 0 Å². The van der Waals surface area contributed by atoms with Crippen LogP contribution in [0.4, 0.5) is 30.2 Å². The average Bonchev–Trinajstić information content (AvgIpc) is 2.56. The lowest BCUT2D eigenvalue weighted by atomic mass is 10.1. The molecule has 3 rings (SSSR count). The Bertz CT molecular complexity index is 787. The molecule has 0 aromatic heterocycles. The molecule has 0 saturated heterocycles. The smallest absolute Gasteiger partial charge is 0.194 e. The number of aryl methyl sites for hydroxylation is 2. The summed E-state index contributed by atoms with van der Waals surface area (Å²) in [7, 11) is 0. The number of benzene rings is 3. The van der Waals surface area contributed by atoms with Gasteiger partial charge in [0.2, 0.25) is 0 Å². The van der Waals surface area contributed by atoms with Crippen LogP contribution >= 0.6 is 0 Å². The summed E-state index contributed by atoms with van der Waals surface area (Å²) >= 11 is 0. The highest BCUT2D eigenvalue weighted by molar-refractivity contribution is 5.76. The number of hydrogen-bond donors (Lipinski definition) is 0. The third-order valence-corrected chi connectivity index (χ3v) is 3.81. The topological polar surface area (TPSA) is 3.24 Å². The number of anilines is 3. The van der Waals surface area contributed by atoms with Gasteiger partial charge in [-0.1, -0.05) is 35.4 Å². The third-order valence-electron chi connectivity index (χ3n) is 3.81. The summed E-state index contributed by atoms with van der Waals surface area (Å²) < 4.78 is 40.8. The maximum Gasteiger partial charge on any atom is 0.194 e. The third kappa shape index (κ3) is 3.13. The first-order chi connectivity index (χ1) is 11.5. The van der Waals surface area contributed by atoms with Gasteiger partial charge in [0.25, 0.3) is 0 Å². The van der Waals surface area contributed by atoms with Gasteiger partial charge >= 0.3 is 0 Å². The summed E-state index contributed by atoms with van der Waals surface area (Å²) in [5.74, 6) is -3.89. The maximum atomic E-state index is 13.7. The molecule has 0 unspecified atom stereocenters. The second-order valence-electron chi connectivity index (χ2n) is 5.73. The summed E-state index contributed by atoms with van der Waals surface area (Å²) in [6, 6.07) is 17.1. The fourth-order valence-corrected chi connectivity index (χ4v) is 2.51. The molecule has 0 atom stereocenters. The normalized spacial score (nSPS) is 10.7. The van der Waals surface area contributed by atoms with E-state index in [2.05, 4.69) is 0 Å². The van der Waals surface area contributed by atoms with Crippen molar-refractivity contribution in [3.63, 3.8) is 0 Å². The highest BCUT2D eigenvalue weighted by Gasteiger charge is 2.17. The van der Waals surface area contributed by atoms with Crippen molar-refractivity contribution in [3.8, 4) is 0 Å². The van der Waals surface area contributed by atoms with Crippen LogP contribution in [0.1, 0.15) is 11.1 Å².